The van der Waals surface area contributed by atoms with E-state index in [4.69, 9.17) is 10.5 Å². The van der Waals surface area contributed by atoms with Gasteiger partial charge in [-0.25, -0.2) is 0 Å². The number of methoxy groups -OCH3 is 1. The number of anilines is 1. The van der Waals surface area contributed by atoms with Crippen LogP contribution in [0.5, 0.6) is 5.75 Å². The summed E-state index contributed by atoms with van der Waals surface area (Å²) >= 11 is 0. The van der Waals surface area contributed by atoms with Crippen molar-refractivity contribution < 1.29 is 19.1 Å². The first-order valence-corrected chi connectivity index (χ1v) is 6.62. The van der Waals surface area contributed by atoms with Gasteiger partial charge in [0.05, 0.1) is 12.7 Å². The molecule has 21 heavy (non-hydrogen) atoms. The Morgan fingerprint density at radius 2 is 2.10 bits per heavy atom. The topological polar surface area (TPSA) is 102 Å². The summed E-state index contributed by atoms with van der Waals surface area (Å²) in [7, 11) is 1.47. The van der Waals surface area contributed by atoms with Gasteiger partial charge < -0.3 is 15.4 Å². The van der Waals surface area contributed by atoms with Crippen LogP contribution in [-0.4, -0.2) is 35.8 Å². The van der Waals surface area contributed by atoms with Gasteiger partial charge in [0.2, 0.25) is 11.8 Å². The standard InChI is InChI=1S/C14H15N3O4/c1-21-10-5-8(15)4-7-6-17(14(20)12(7)10)9-2-3-11(18)16-13(9)19/h4-5,9H,2-3,6,15H2,1H3,(H,16,18,19). The molecule has 0 aliphatic carbocycles. The molecule has 1 saturated heterocycles. The molecule has 3 rings (SSSR count). The molecule has 0 saturated carbocycles. The van der Waals surface area contributed by atoms with Gasteiger partial charge in [0, 0.05) is 24.7 Å². The van der Waals surface area contributed by atoms with Gasteiger partial charge in [-0.3, -0.25) is 19.7 Å². The number of hydrogen-bond acceptors (Lipinski definition) is 5. The molecule has 2 heterocycles. The van der Waals surface area contributed by atoms with Crippen molar-refractivity contribution in [2.75, 3.05) is 12.8 Å². The van der Waals surface area contributed by atoms with Crippen LogP contribution < -0.4 is 15.8 Å². The van der Waals surface area contributed by atoms with E-state index in [1.165, 1.54) is 12.0 Å². The number of nitrogens with zero attached hydrogens (tertiary/aromatic N) is 1. The summed E-state index contributed by atoms with van der Waals surface area (Å²) in [6, 6.07) is 2.67. The van der Waals surface area contributed by atoms with Crippen LogP contribution in [0.15, 0.2) is 12.1 Å². The Hall–Kier alpha value is -2.57. The number of carbonyl (C=O) groups excluding carboxylic acids is 3. The highest BCUT2D eigenvalue weighted by atomic mass is 16.5. The maximum absolute atomic E-state index is 12.6. The van der Waals surface area contributed by atoms with Crippen LogP contribution in [0.2, 0.25) is 0 Å². The number of amides is 3. The Kier molecular flexibility index (Phi) is 3.04. The highest BCUT2D eigenvalue weighted by molar-refractivity contribution is 6.06. The lowest BCUT2D eigenvalue weighted by molar-refractivity contribution is -0.136. The fourth-order valence-electron chi connectivity index (χ4n) is 2.86. The largest absolute Gasteiger partial charge is 0.496 e. The molecule has 1 aromatic carbocycles. The molecule has 0 spiro atoms. The molecular formula is C14H15N3O4. The first kappa shape index (κ1) is 13.4. The minimum Gasteiger partial charge on any atom is -0.496 e. The molecule has 1 aromatic rings. The molecule has 1 atom stereocenters. The normalized spacial score (nSPS) is 21.3. The van der Waals surface area contributed by atoms with E-state index in [2.05, 4.69) is 5.32 Å². The maximum Gasteiger partial charge on any atom is 0.258 e. The number of nitrogens with one attached hydrogen (secondary N) is 1. The van der Waals surface area contributed by atoms with Crippen LogP contribution in [0, 0.1) is 0 Å². The van der Waals surface area contributed by atoms with E-state index in [9.17, 15) is 14.4 Å². The van der Waals surface area contributed by atoms with Gasteiger partial charge in [-0.1, -0.05) is 0 Å². The number of rotatable bonds is 2. The average Bonchev–Trinajstić information content (AvgIpc) is 2.75. The zero-order valence-electron chi connectivity index (χ0n) is 11.5. The molecule has 3 amide bonds. The molecule has 1 unspecified atom stereocenters. The number of ether oxygens (including phenoxy) is 1. The van der Waals surface area contributed by atoms with Gasteiger partial charge >= 0.3 is 0 Å². The third-order valence-corrected chi connectivity index (χ3v) is 3.83. The molecule has 7 heteroatoms. The predicted molar refractivity (Wildman–Crippen MR) is 73.5 cm³/mol. The van der Waals surface area contributed by atoms with E-state index < -0.39 is 11.9 Å². The van der Waals surface area contributed by atoms with Crippen LogP contribution >= 0.6 is 0 Å². The smallest absolute Gasteiger partial charge is 0.258 e. The molecule has 0 radical (unpaired) electrons. The minimum atomic E-state index is -0.631. The number of nitrogen functional groups attached to an aromatic ring is 1. The number of benzene rings is 1. The number of fused-ring (bicyclic) bond motifs is 1. The summed E-state index contributed by atoms with van der Waals surface area (Å²) in [6.45, 7) is 0.293. The lowest BCUT2D eigenvalue weighted by Gasteiger charge is -2.29. The number of hydrogen-bond donors (Lipinski definition) is 2. The monoisotopic (exact) mass is 289 g/mol. The summed E-state index contributed by atoms with van der Waals surface area (Å²) in [5.41, 5.74) is 7.47. The van der Waals surface area contributed by atoms with Crippen molar-refractivity contribution in [2.24, 2.45) is 0 Å². The molecule has 1 fully saturated rings. The lowest BCUT2D eigenvalue weighted by Crippen LogP contribution is -2.52. The summed E-state index contributed by atoms with van der Waals surface area (Å²) in [6.07, 6.45) is 0.567. The number of carbonyl (C=O) groups is 3. The SMILES string of the molecule is COc1cc(N)cc2c1C(=O)N(C1CCC(=O)NC1=O)C2. The molecule has 2 aliphatic heterocycles. The van der Waals surface area contributed by atoms with Gasteiger partial charge in [-0.15, -0.1) is 0 Å². The lowest BCUT2D eigenvalue weighted by atomic mass is 10.0. The third kappa shape index (κ3) is 2.10. The summed E-state index contributed by atoms with van der Waals surface area (Å²) in [4.78, 5) is 37.2. The van der Waals surface area contributed by atoms with Crippen LogP contribution in [0.1, 0.15) is 28.8 Å². The van der Waals surface area contributed by atoms with E-state index >= 15 is 0 Å². The predicted octanol–water partition coefficient (Wildman–Crippen LogP) is 0.0384. The summed E-state index contributed by atoms with van der Waals surface area (Å²) in [5, 5.41) is 2.27. The van der Waals surface area contributed by atoms with Gasteiger partial charge in [-0.2, -0.15) is 0 Å². The van der Waals surface area contributed by atoms with Crippen molar-refractivity contribution in [3.63, 3.8) is 0 Å². The van der Waals surface area contributed by atoms with E-state index in [1.54, 1.807) is 12.1 Å². The quantitative estimate of drug-likeness (QED) is 0.591. The van der Waals surface area contributed by atoms with Gasteiger partial charge in [0.25, 0.3) is 5.91 Å². The minimum absolute atomic E-state index is 0.232. The third-order valence-electron chi connectivity index (χ3n) is 3.83. The van der Waals surface area contributed by atoms with Crippen LogP contribution in [0.3, 0.4) is 0 Å². The highest BCUT2D eigenvalue weighted by Crippen LogP contribution is 2.35. The van der Waals surface area contributed by atoms with Gasteiger partial charge in [-0.05, 0) is 18.1 Å². The van der Waals surface area contributed by atoms with Crippen molar-refractivity contribution in [3.8, 4) is 5.75 Å². The van der Waals surface area contributed by atoms with Crippen molar-refractivity contribution in [1.29, 1.82) is 0 Å². The molecular weight excluding hydrogens is 274 g/mol. The van der Waals surface area contributed by atoms with Crippen molar-refractivity contribution in [2.45, 2.75) is 25.4 Å². The Bertz CT molecular complexity index is 656. The highest BCUT2D eigenvalue weighted by Gasteiger charge is 2.40. The summed E-state index contributed by atoms with van der Waals surface area (Å²) in [5.74, 6) is -0.595. The van der Waals surface area contributed by atoms with E-state index in [-0.39, 0.29) is 18.2 Å². The Labute approximate surface area is 121 Å². The molecule has 0 aromatic heterocycles. The average molecular weight is 289 g/mol. The second-order valence-corrected chi connectivity index (χ2v) is 5.16. The second kappa shape index (κ2) is 4.76. The molecule has 2 aliphatic rings. The van der Waals surface area contributed by atoms with Crippen molar-refractivity contribution in [3.05, 3.63) is 23.3 Å². The van der Waals surface area contributed by atoms with E-state index in [0.717, 1.165) is 5.56 Å². The van der Waals surface area contributed by atoms with E-state index in [0.29, 0.717) is 30.0 Å². The Balaban J connectivity index is 1.94. The molecule has 0 bridgehead atoms. The molecule has 7 nitrogen and oxygen atoms in total. The Morgan fingerprint density at radius 3 is 2.76 bits per heavy atom. The van der Waals surface area contributed by atoms with E-state index in [1.807, 2.05) is 0 Å². The molecule has 3 N–H and O–H groups in total. The zero-order chi connectivity index (χ0) is 15.1. The first-order valence-electron chi connectivity index (χ1n) is 6.62. The van der Waals surface area contributed by atoms with Gasteiger partial charge in [0.15, 0.2) is 0 Å². The fraction of sp³-hybridized carbons (Fsp3) is 0.357. The van der Waals surface area contributed by atoms with Crippen LogP contribution in [0.4, 0.5) is 5.69 Å². The van der Waals surface area contributed by atoms with Crippen molar-refractivity contribution in [1.82, 2.24) is 10.2 Å². The zero-order valence-corrected chi connectivity index (χ0v) is 11.5. The maximum atomic E-state index is 12.6. The summed E-state index contributed by atoms with van der Waals surface area (Å²) < 4.78 is 5.21. The Morgan fingerprint density at radius 1 is 1.33 bits per heavy atom. The fourth-order valence-corrected chi connectivity index (χ4v) is 2.86. The first-order chi connectivity index (χ1) is 10.0. The van der Waals surface area contributed by atoms with Crippen LogP contribution in [-0.2, 0) is 16.1 Å². The van der Waals surface area contributed by atoms with Crippen molar-refractivity contribution >= 4 is 23.4 Å². The second-order valence-electron chi connectivity index (χ2n) is 5.16. The number of imide groups is 1. The number of nitrogens with two attached hydrogens (primary N) is 1. The molecule has 110 valence electrons. The number of piperidine rings is 1. The van der Waals surface area contributed by atoms with Gasteiger partial charge in [0.1, 0.15) is 11.8 Å². The van der Waals surface area contributed by atoms with Crippen LogP contribution in [0.25, 0.3) is 0 Å².